The van der Waals surface area contributed by atoms with E-state index in [4.69, 9.17) is 9.94 Å². The molecule has 1 aromatic heterocycles. The smallest absolute Gasteiger partial charge is 0.277 e. The lowest BCUT2D eigenvalue weighted by Gasteiger charge is -2.18. The summed E-state index contributed by atoms with van der Waals surface area (Å²) in [5.41, 5.74) is 3.44. The Hall–Kier alpha value is -2.72. The lowest BCUT2D eigenvalue weighted by Crippen LogP contribution is -2.29. The highest BCUT2D eigenvalue weighted by molar-refractivity contribution is 14.1. The van der Waals surface area contributed by atoms with E-state index in [9.17, 15) is 13.2 Å². The first kappa shape index (κ1) is 30.2. The Kier molecular flexibility index (Phi) is 10.1. The first-order chi connectivity index (χ1) is 19.1. The van der Waals surface area contributed by atoms with Crippen molar-refractivity contribution in [1.29, 1.82) is 0 Å². The number of rotatable bonds is 13. The number of aliphatic hydroxyl groups is 1. The van der Waals surface area contributed by atoms with Gasteiger partial charge in [-0.15, -0.1) is 0 Å². The molecule has 40 heavy (non-hydrogen) atoms. The maximum absolute atomic E-state index is 15.6. The van der Waals surface area contributed by atoms with Crippen LogP contribution in [0.4, 0.5) is 20.2 Å². The number of aromatic nitrogens is 1. The summed E-state index contributed by atoms with van der Waals surface area (Å²) in [6.07, 6.45) is 4.30. The molecule has 0 saturated heterocycles. The Morgan fingerprint density at radius 3 is 2.67 bits per heavy atom. The van der Waals surface area contributed by atoms with Gasteiger partial charge in [-0.05, 0) is 103 Å². The summed E-state index contributed by atoms with van der Waals surface area (Å²) in [5, 5.41) is 11.9. The lowest BCUT2D eigenvalue weighted by molar-refractivity contribution is 0.0270. The van der Waals surface area contributed by atoms with Gasteiger partial charge >= 0.3 is 0 Å². The number of benzene rings is 2. The Balaban J connectivity index is 1.67. The van der Waals surface area contributed by atoms with Gasteiger partial charge in [-0.3, -0.25) is 14.6 Å². The van der Waals surface area contributed by atoms with E-state index in [0.29, 0.717) is 41.3 Å². The van der Waals surface area contributed by atoms with E-state index in [0.717, 1.165) is 22.5 Å². The average Bonchev–Trinajstić information content (AvgIpc) is 3.75. The molecule has 1 aliphatic rings. The highest BCUT2D eigenvalue weighted by atomic mass is 127. The molecule has 1 heterocycles. The zero-order chi connectivity index (χ0) is 28.9. The van der Waals surface area contributed by atoms with E-state index in [1.807, 2.05) is 6.07 Å². The number of aryl methyl sites for hydroxylation is 2. The van der Waals surface area contributed by atoms with Gasteiger partial charge in [-0.1, -0.05) is 6.07 Å². The second kappa shape index (κ2) is 13.3. The van der Waals surface area contributed by atoms with Crippen LogP contribution in [0.5, 0.6) is 0 Å². The van der Waals surface area contributed by atoms with Crippen molar-refractivity contribution in [3.8, 4) is 0 Å². The van der Waals surface area contributed by atoms with Gasteiger partial charge in [0.1, 0.15) is 4.90 Å². The molecule has 0 aliphatic heterocycles. The number of hydrogen-bond acceptors (Lipinski definition) is 7. The molecule has 4 N–H and O–H groups in total. The normalized spacial score (nSPS) is 13.3. The third-order valence-corrected chi connectivity index (χ3v) is 8.42. The molecule has 0 atom stereocenters. The maximum atomic E-state index is 15.6. The molecule has 13 heteroatoms. The third kappa shape index (κ3) is 7.51. The molecule has 1 saturated carbocycles. The minimum atomic E-state index is -4.62. The minimum Gasteiger partial charge on any atom is -0.396 e. The van der Waals surface area contributed by atoms with Crippen molar-refractivity contribution in [3.63, 3.8) is 0 Å². The van der Waals surface area contributed by atoms with E-state index in [1.165, 1.54) is 6.20 Å². The van der Waals surface area contributed by atoms with Crippen LogP contribution in [0.25, 0.3) is 0 Å². The number of pyridine rings is 1. The summed E-state index contributed by atoms with van der Waals surface area (Å²) in [4.78, 5) is 21.5. The number of sulfonamides is 1. The summed E-state index contributed by atoms with van der Waals surface area (Å²) < 4.78 is 60.5. The van der Waals surface area contributed by atoms with Gasteiger partial charge in [-0.2, -0.15) is 0 Å². The van der Waals surface area contributed by atoms with Crippen LogP contribution in [0.1, 0.15) is 46.4 Å². The highest BCUT2D eigenvalue weighted by Crippen LogP contribution is 2.33. The molecule has 1 fully saturated rings. The van der Waals surface area contributed by atoms with Crippen molar-refractivity contribution >= 4 is 49.9 Å². The number of aliphatic hydroxyl groups excluding tert-OH is 1. The highest BCUT2D eigenvalue weighted by Gasteiger charge is 2.30. The Labute approximate surface area is 244 Å². The topological polar surface area (TPSA) is 130 Å². The van der Waals surface area contributed by atoms with E-state index in [1.54, 1.807) is 31.2 Å². The van der Waals surface area contributed by atoms with Gasteiger partial charge in [0.2, 0.25) is 10.0 Å². The van der Waals surface area contributed by atoms with Gasteiger partial charge in [0.15, 0.2) is 11.6 Å². The fraction of sp³-hybridized carbons (Fsp3) is 0.333. The van der Waals surface area contributed by atoms with Crippen LogP contribution in [0.2, 0.25) is 0 Å². The average molecular weight is 687 g/mol. The quantitative estimate of drug-likeness (QED) is 0.154. The van der Waals surface area contributed by atoms with Crippen molar-refractivity contribution in [2.24, 2.45) is 5.92 Å². The van der Waals surface area contributed by atoms with Gasteiger partial charge in [0, 0.05) is 34.3 Å². The monoisotopic (exact) mass is 686 g/mol. The number of hydroxylamine groups is 1. The Bertz CT molecular complexity index is 1500. The van der Waals surface area contributed by atoms with Crippen molar-refractivity contribution in [1.82, 2.24) is 15.2 Å². The van der Waals surface area contributed by atoms with E-state index < -0.39 is 43.7 Å². The number of halogens is 3. The Morgan fingerprint density at radius 1 is 1.20 bits per heavy atom. The van der Waals surface area contributed by atoms with E-state index in [-0.39, 0.29) is 19.8 Å². The molecule has 1 aliphatic carbocycles. The summed E-state index contributed by atoms with van der Waals surface area (Å²) in [6.45, 7) is 1.69. The number of carbonyl (C=O) groups is 1. The number of hydrogen-bond donors (Lipinski definition) is 4. The fourth-order valence-corrected chi connectivity index (χ4v) is 5.67. The fourth-order valence-electron chi connectivity index (χ4n) is 3.92. The van der Waals surface area contributed by atoms with Crippen LogP contribution in [-0.2, 0) is 27.8 Å². The van der Waals surface area contributed by atoms with Crippen LogP contribution in [0, 0.1) is 28.0 Å². The molecular weight excluding hydrogens is 657 g/mol. The minimum absolute atomic E-state index is 0.0659. The molecule has 214 valence electrons. The number of nitrogens with one attached hydrogen (secondary N) is 3. The van der Waals surface area contributed by atoms with Gasteiger partial charge in [0.25, 0.3) is 5.91 Å². The molecule has 0 bridgehead atoms. The van der Waals surface area contributed by atoms with Crippen LogP contribution in [0.15, 0.2) is 47.5 Å². The third-order valence-electron chi connectivity index (χ3n) is 6.35. The van der Waals surface area contributed by atoms with Gasteiger partial charge < -0.3 is 10.4 Å². The number of nitrogens with zero attached hydrogens (tertiary/aromatic N) is 1. The second-order valence-electron chi connectivity index (χ2n) is 9.46. The zero-order valence-corrected chi connectivity index (χ0v) is 24.6. The number of carbonyl (C=O) groups excluding carboxylic acids is 1. The molecule has 3 aromatic rings. The second-order valence-corrected chi connectivity index (χ2v) is 12.4. The molecule has 1 amide bonds. The summed E-state index contributed by atoms with van der Waals surface area (Å²) >= 11 is 2.11. The van der Waals surface area contributed by atoms with Crippen molar-refractivity contribution in [2.45, 2.75) is 44.0 Å². The molecule has 0 unspecified atom stereocenters. The first-order valence-corrected chi connectivity index (χ1v) is 15.2. The molecule has 4 rings (SSSR count). The first-order valence-electron chi connectivity index (χ1n) is 12.6. The van der Waals surface area contributed by atoms with Crippen LogP contribution < -0.4 is 15.5 Å². The molecular formula is C27H29F2IN4O5S. The zero-order valence-electron chi connectivity index (χ0n) is 21.6. The van der Waals surface area contributed by atoms with E-state index in [2.05, 4.69) is 43.1 Å². The summed E-state index contributed by atoms with van der Waals surface area (Å²) in [5.74, 6) is -3.79. The summed E-state index contributed by atoms with van der Waals surface area (Å²) in [7, 11) is -4.62. The molecule has 0 radical (unpaired) electrons. The number of anilines is 2. The maximum Gasteiger partial charge on any atom is 0.277 e. The van der Waals surface area contributed by atoms with E-state index >= 15 is 8.78 Å². The lowest BCUT2D eigenvalue weighted by atomic mass is 10.1. The number of amides is 1. The summed E-state index contributed by atoms with van der Waals surface area (Å²) in [6, 6.07) is 9.25. The van der Waals surface area contributed by atoms with Crippen molar-refractivity contribution in [3.05, 3.63) is 80.2 Å². The largest absolute Gasteiger partial charge is 0.396 e. The molecule has 9 nitrogen and oxygen atoms in total. The van der Waals surface area contributed by atoms with Crippen LogP contribution >= 0.6 is 22.6 Å². The van der Waals surface area contributed by atoms with Crippen LogP contribution in [-0.4, -0.2) is 37.6 Å². The molecule has 2 aromatic carbocycles. The standard InChI is InChI=1S/C27H29F2IN4O5S/c1-16-12-19(30)8-9-21(16)33-26-20(27(36)34-39-15-17-6-7-17)13-23(24(28)25(26)29)40(37,38)32-14-18-4-2-10-31-22(18)5-3-11-35/h2,4,8-10,12-13,17,32-33,35H,3,5-7,11,14-15H2,1H3,(H,34,36). The van der Waals surface area contributed by atoms with Crippen molar-refractivity contribution < 1.29 is 31.9 Å². The van der Waals surface area contributed by atoms with Gasteiger partial charge in [0.05, 0.1) is 17.9 Å². The SMILES string of the molecule is Cc1cc(I)ccc1Nc1c(C(=O)NOCC2CC2)cc(S(=O)(=O)NCc2cccnc2CCCO)c(F)c1F. The molecule has 0 spiro atoms. The van der Waals surface area contributed by atoms with Crippen LogP contribution in [0.3, 0.4) is 0 Å². The predicted molar refractivity (Wildman–Crippen MR) is 153 cm³/mol. The predicted octanol–water partition coefficient (Wildman–Crippen LogP) is 4.49. The Morgan fingerprint density at radius 2 is 1.98 bits per heavy atom. The van der Waals surface area contributed by atoms with Gasteiger partial charge in [-0.25, -0.2) is 27.4 Å². The van der Waals surface area contributed by atoms with Crippen molar-refractivity contribution in [2.75, 3.05) is 18.5 Å².